The van der Waals surface area contributed by atoms with Crippen molar-refractivity contribution in [2.75, 3.05) is 11.1 Å². The molecular weight excluding hydrogens is 204 g/mol. The molecular formula is C11H20N4O. The van der Waals surface area contributed by atoms with Crippen LogP contribution < -0.4 is 11.1 Å². The number of nitrogens with one attached hydrogen (secondary N) is 1. The van der Waals surface area contributed by atoms with Gasteiger partial charge in [0.1, 0.15) is 17.5 Å². The van der Waals surface area contributed by atoms with Crippen molar-refractivity contribution in [2.45, 2.75) is 45.8 Å². The fourth-order valence-corrected chi connectivity index (χ4v) is 1.17. The molecule has 0 aliphatic rings. The Hall–Kier alpha value is -1.36. The summed E-state index contributed by atoms with van der Waals surface area (Å²) in [6.07, 6.45) is 0.239. The van der Waals surface area contributed by atoms with E-state index in [0.717, 1.165) is 6.42 Å². The van der Waals surface area contributed by atoms with E-state index >= 15 is 0 Å². The van der Waals surface area contributed by atoms with Gasteiger partial charge in [-0.25, -0.2) is 9.97 Å². The number of aliphatic hydroxyl groups is 1. The Morgan fingerprint density at radius 2 is 2.12 bits per heavy atom. The number of hydrogen-bond acceptors (Lipinski definition) is 5. The number of aromatic nitrogens is 2. The van der Waals surface area contributed by atoms with E-state index in [1.54, 1.807) is 13.0 Å². The Morgan fingerprint density at radius 1 is 1.50 bits per heavy atom. The van der Waals surface area contributed by atoms with Crippen molar-refractivity contribution in [3.63, 3.8) is 0 Å². The maximum Gasteiger partial charge on any atom is 0.132 e. The molecule has 0 saturated carbocycles. The molecule has 0 fully saturated rings. The average Bonchev–Trinajstić information content (AvgIpc) is 2.15. The third-order valence-electron chi connectivity index (χ3n) is 2.60. The number of aliphatic hydroxyl groups excluding tert-OH is 1. The summed E-state index contributed by atoms with van der Waals surface area (Å²) in [5.41, 5.74) is 5.22. The highest BCUT2D eigenvalue weighted by Crippen LogP contribution is 2.18. The Kier molecular flexibility index (Phi) is 3.70. The van der Waals surface area contributed by atoms with Gasteiger partial charge in [-0.2, -0.15) is 0 Å². The molecule has 5 nitrogen and oxygen atoms in total. The first-order valence-electron chi connectivity index (χ1n) is 5.45. The van der Waals surface area contributed by atoms with E-state index in [1.807, 2.05) is 20.8 Å². The van der Waals surface area contributed by atoms with Crippen LogP contribution >= 0.6 is 0 Å². The number of nitrogens with two attached hydrogens (primary N) is 1. The van der Waals surface area contributed by atoms with Crippen LogP contribution in [0.2, 0.25) is 0 Å². The first-order chi connectivity index (χ1) is 7.35. The molecule has 0 saturated heterocycles. The van der Waals surface area contributed by atoms with Crippen molar-refractivity contribution in [1.82, 2.24) is 9.97 Å². The lowest BCUT2D eigenvalue weighted by Gasteiger charge is -2.30. The van der Waals surface area contributed by atoms with Crippen LogP contribution in [0.5, 0.6) is 0 Å². The number of hydrogen-bond donors (Lipinski definition) is 3. The molecule has 0 amide bonds. The van der Waals surface area contributed by atoms with Crippen molar-refractivity contribution in [3.8, 4) is 0 Å². The van der Waals surface area contributed by atoms with Gasteiger partial charge in [0.05, 0.1) is 11.6 Å². The highest BCUT2D eigenvalue weighted by atomic mass is 16.3. The number of anilines is 2. The molecule has 90 valence electrons. The minimum Gasteiger partial charge on any atom is -0.391 e. The molecule has 0 aliphatic carbocycles. The lowest BCUT2D eigenvalue weighted by atomic mass is 9.99. The van der Waals surface area contributed by atoms with Crippen LogP contribution in [0.1, 0.15) is 33.5 Å². The second kappa shape index (κ2) is 4.65. The Bertz CT molecular complexity index is 363. The van der Waals surface area contributed by atoms with Crippen LogP contribution in [-0.4, -0.2) is 26.7 Å². The third-order valence-corrected chi connectivity index (χ3v) is 2.60. The number of nitrogen functional groups attached to an aromatic ring is 1. The highest BCUT2D eigenvalue weighted by molar-refractivity contribution is 5.46. The molecule has 1 rings (SSSR count). The minimum atomic E-state index is -0.492. The van der Waals surface area contributed by atoms with Crippen molar-refractivity contribution in [2.24, 2.45) is 0 Å². The predicted octanol–water partition coefficient (Wildman–Crippen LogP) is 1.19. The SMILES string of the molecule is CCc1nc(N)cc(NC(C)(C)C(C)O)n1. The van der Waals surface area contributed by atoms with Crippen LogP contribution in [0, 0.1) is 0 Å². The van der Waals surface area contributed by atoms with Gasteiger partial charge in [0.2, 0.25) is 0 Å². The van der Waals surface area contributed by atoms with E-state index in [-0.39, 0.29) is 0 Å². The lowest BCUT2D eigenvalue weighted by molar-refractivity contribution is 0.133. The molecule has 16 heavy (non-hydrogen) atoms. The smallest absolute Gasteiger partial charge is 0.132 e. The molecule has 0 spiro atoms. The van der Waals surface area contributed by atoms with Gasteiger partial charge in [-0.3, -0.25) is 0 Å². The first-order valence-corrected chi connectivity index (χ1v) is 5.45. The summed E-state index contributed by atoms with van der Waals surface area (Å²) >= 11 is 0. The molecule has 0 bridgehead atoms. The topological polar surface area (TPSA) is 84.1 Å². The quantitative estimate of drug-likeness (QED) is 0.715. The van der Waals surface area contributed by atoms with Crippen LogP contribution in [0.4, 0.5) is 11.6 Å². The van der Waals surface area contributed by atoms with E-state index in [9.17, 15) is 5.11 Å². The fraction of sp³-hybridized carbons (Fsp3) is 0.636. The zero-order chi connectivity index (χ0) is 12.3. The highest BCUT2D eigenvalue weighted by Gasteiger charge is 2.24. The summed E-state index contributed by atoms with van der Waals surface area (Å²) < 4.78 is 0. The monoisotopic (exact) mass is 224 g/mol. The van der Waals surface area contributed by atoms with Crippen molar-refractivity contribution >= 4 is 11.6 Å². The summed E-state index contributed by atoms with van der Waals surface area (Å²) in [5, 5.41) is 12.8. The van der Waals surface area contributed by atoms with E-state index in [1.165, 1.54) is 0 Å². The number of aryl methyl sites for hydroxylation is 1. The summed E-state index contributed by atoms with van der Waals surface area (Å²) in [6, 6.07) is 1.67. The van der Waals surface area contributed by atoms with Crippen LogP contribution in [0.15, 0.2) is 6.07 Å². The van der Waals surface area contributed by atoms with E-state index in [0.29, 0.717) is 17.5 Å². The summed E-state index contributed by atoms with van der Waals surface area (Å²) in [6.45, 7) is 7.51. The predicted molar refractivity (Wildman–Crippen MR) is 65.2 cm³/mol. The summed E-state index contributed by atoms with van der Waals surface area (Å²) in [7, 11) is 0. The van der Waals surface area contributed by atoms with Crippen molar-refractivity contribution in [1.29, 1.82) is 0 Å². The minimum absolute atomic E-state index is 0.441. The molecule has 1 atom stereocenters. The van der Waals surface area contributed by atoms with Crippen molar-refractivity contribution in [3.05, 3.63) is 11.9 Å². The molecule has 4 N–H and O–H groups in total. The summed E-state index contributed by atoms with van der Waals surface area (Å²) in [4.78, 5) is 8.40. The molecule has 5 heteroatoms. The average molecular weight is 224 g/mol. The Morgan fingerprint density at radius 3 is 2.62 bits per heavy atom. The molecule has 1 heterocycles. The third kappa shape index (κ3) is 3.06. The van der Waals surface area contributed by atoms with Gasteiger partial charge in [0.25, 0.3) is 0 Å². The molecule has 0 aromatic carbocycles. The molecule has 1 unspecified atom stereocenters. The first kappa shape index (κ1) is 12.7. The number of nitrogens with zero attached hydrogens (tertiary/aromatic N) is 2. The second-order valence-corrected chi connectivity index (χ2v) is 4.47. The van der Waals surface area contributed by atoms with Gasteiger partial charge in [-0.1, -0.05) is 6.92 Å². The normalized spacial score (nSPS) is 13.6. The van der Waals surface area contributed by atoms with E-state index < -0.39 is 11.6 Å². The van der Waals surface area contributed by atoms with Crippen LogP contribution in [-0.2, 0) is 6.42 Å². The number of rotatable bonds is 4. The van der Waals surface area contributed by atoms with Gasteiger partial charge < -0.3 is 16.2 Å². The molecule has 1 aromatic heterocycles. The second-order valence-electron chi connectivity index (χ2n) is 4.47. The van der Waals surface area contributed by atoms with Gasteiger partial charge in [-0.15, -0.1) is 0 Å². The molecule has 0 aliphatic heterocycles. The van der Waals surface area contributed by atoms with Crippen LogP contribution in [0.25, 0.3) is 0 Å². The molecule has 1 aromatic rings. The van der Waals surface area contributed by atoms with Gasteiger partial charge in [0.15, 0.2) is 0 Å². The van der Waals surface area contributed by atoms with E-state index in [2.05, 4.69) is 15.3 Å². The Balaban J connectivity index is 2.93. The van der Waals surface area contributed by atoms with Gasteiger partial charge in [0, 0.05) is 12.5 Å². The van der Waals surface area contributed by atoms with Crippen molar-refractivity contribution < 1.29 is 5.11 Å². The zero-order valence-electron chi connectivity index (χ0n) is 10.3. The zero-order valence-corrected chi connectivity index (χ0v) is 10.3. The molecule has 0 radical (unpaired) electrons. The van der Waals surface area contributed by atoms with Gasteiger partial charge >= 0.3 is 0 Å². The Labute approximate surface area is 96.1 Å². The van der Waals surface area contributed by atoms with Crippen LogP contribution in [0.3, 0.4) is 0 Å². The lowest BCUT2D eigenvalue weighted by Crippen LogP contribution is -2.42. The van der Waals surface area contributed by atoms with E-state index in [4.69, 9.17) is 5.73 Å². The fourth-order valence-electron chi connectivity index (χ4n) is 1.17. The standard InChI is InChI=1S/C11H20N4O/c1-5-9-13-8(12)6-10(14-9)15-11(3,4)7(2)16/h6-7,16H,5H2,1-4H3,(H3,12,13,14,15). The maximum atomic E-state index is 9.60. The summed E-state index contributed by atoms with van der Waals surface area (Å²) in [5.74, 6) is 1.79. The maximum absolute atomic E-state index is 9.60. The van der Waals surface area contributed by atoms with Gasteiger partial charge in [-0.05, 0) is 20.8 Å². The largest absolute Gasteiger partial charge is 0.391 e.